The second-order valence-corrected chi connectivity index (χ2v) is 6.10. The Morgan fingerprint density at radius 1 is 1.08 bits per heavy atom. The Kier molecular flexibility index (Phi) is 6.71. The minimum atomic E-state index is -0.960. The number of nitrogens with one attached hydrogen (secondary N) is 1. The van der Waals surface area contributed by atoms with Crippen LogP contribution >= 0.6 is 11.8 Å². The fourth-order valence-corrected chi connectivity index (χ4v) is 2.94. The lowest BCUT2D eigenvalue weighted by Gasteiger charge is -2.10. The summed E-state index contributed by atoms with van der Waals surface area (Å²) < 4.78 is 10.4. The van der Waals surface area contributed by atoms with E-state index in [1.54, 1.807) is 43.5 Å². The Hall–Kier alpha value is -2.67. The zero-order valence-electron chi connectivity index (χ0n) is 13.9. The van der Waals surface area contributed by atoms with Crippen LogP contribution in [-0.4, -0.2) is 37.0 Å². The van der Waals surface area contributed by atoms with Crippen LogP contribution in [0, 0.1) is 0 Å². The van der Waals surface area contributed by atoms with E-state index in [1.165, 1.54) is 18.9 Å². The van der Waals surface area contributed by atoms with Crippen molar-refractivity contribution in [2.75, 3.05) is 25.3 Å². The van der Waals surface area contributed by atoms with E-state index in [9.17, 15) is 9.59 Å². The SMILES string of the molecule is COc1ccc(NC(=O)CSCc2cccc(C(=O)O)c2)cc1OC. The number of rotatable bonds is 8. The Labute approximate surface area is 150 Å². The maximum Gasteiger partial charge on any atom is 0.335 e. The molecule has 2 aromatic rings. The number of anilines is 1. The van der Waals surface area contributed by atoms with Gasteiger partial charge in [0.2, 0.25) is 5.91 Å². The molecule has 0 aliphatic heterocycles. The maximum atomic E-state index is 12.0. The number of ether oxygens (including phenoxy) is 2. The number of hydrogen-bond acceptors (Lipinski definition) is 5. The quantitative estimate of drug-likeness (QED) is 0.751. The molecule has 1 amide bonds. The molecule has 0 aliphatic rings. The first-order valence-corrected chi connectivity index (χ1v) is 8.61. The topological polar surface area (TPSA) is 84.9 Å². The summed E-state index contributed by atoms with van der Waals surface area (Å²) in [6, 6.07) is 11.8. The molecule has 0 bridgehead atoms. The van der Waals surface area contributed by atoms with Gasteiger partial charge in [-0.1, -0.05) is 12.1 Å². The van der Waals surface area contributed by atoms with E-state index in [0.717, 1.165) is 5.56 Å². The number of carboxylic acid groups (broad SMARTS) is 1. The van der Waals surface area contributed by atoms with E-state index in [2.05, 4.69) is 5.32 Å². The summed E-state index contributed by atoms with van der Waals surface area (Å²) in [6.45, 7) is 0. The molecule has 0 saturated carbocycles. The number of hydrogen-bond donors (Lipinski definition) is 2. The molecule has 0 aliphatic carbocycles. The normalized spacial score (nSPS) is 10.2. The van der Waals surface area contributed by atoms with E-state index in [0.29, 0.717) is 22.9 Å². The average Bonchev–Trinajstić information content (AvgIpc) is 2.61. The molecule has 0 aromatic heterocycles. The van der Waals surface area contributed by atoms with Gasteiger partial charge in [0.15, 0.2) is 11.5 Å². The first kappa shape index (κ1) is 18.7. The van der Waals surface area contributed by atoms with Gasteiger partial charge in [-0.25, -0.2) is 4.79 Å². The molecule has 2 N–H and O–H groups in total. The summed E-state index contributed by atoms with van der Waals surface area (Å²) in [5.41, 5.74) is 1.73. The molecule has 25 heavy (non-hydrogen) atoms. The molecule has 0 spiro atoms. The van der Waals surface area contributed by atoms with Crippen molar-refractivity contribution in [3.63, 3.8) is 0 Å². The third-order valence-corrected chi connectivity index (χ3v) is 4.35. The predicted octanol–water partition coefficient (Wildman–Crippen LogP) is 3.27. The van der Waals surface area contributed by atoms with Crippen LogP contribution in [0.3, 0.4) is 0 Å². The van der Waals surface area contributed by atoms with Crippen LogP contribution in [0.2, 0.25) is 0 Å². The van der Waals surface area contributed by atoms with E-state index < -0.39 is 5.97 Å². The maximum absolute atomic E-state index is 12.0. The van der Waals surface area contributed by atoms with Gasteiger partial charge in [-0.05, 0) is 29.8 Å². The first-order valence-electron chi connectivity index (χ1n) is 7.45. The molecule has 0 atom stereocenters. The van der Waals surface area contributed by atoms with E-state index in [1.807, 2.05) is 6.07 Å². The molecule has 0 saturated heterocycles. The second-order valence-electron chi connectivity index (χ2n) is 5.12. The number of amides is 1. The Morgan fingerprint density at radius 3 is 2.52 bits per heavy atom. The van der Waals surface area contributed by atoms with Crippen LogP contribution in [0.25, 0.3) is 0 Å². The van der Waals surface area contributed by atoms with Crippen molar-refractivity contribution >= 4 is 29.3 Å². The van der Waals surface area contributed by atoms with Crippen LogP contribution < -0.4 is 14.8 Å². The molecule has 132 valence electrons. The van der Waals surface area contributed by atoms with Gasteiger partial charge < -0.3 is 19.9 Å². The lowest BCUT2D eigenvalue weighted by Crippen LogP contribution is -2.14. The molecular weight excluding hydrogens is 342 g/mol. The smallest absolute Gasteiger partial charge is 0.335 e. The summed E-state index contributed by atoms with van der Waals surface area (Å²) in [5, 5.41) is 11.8. The number of aromatic carboxylic acids is 1. The fourth-order valence-electron chi connectivity index (χ4n) is 2.17. The van der Waals surface area contributed by atoms with Crippen LogP contribution in [0.4, 0.5) is 5.69 Å². The summed E-state index contributed by atoms with van der Waals surface area (Å²) in [6.07, 6.45) is 0. The summed E-state index contributed by atoms with van der Waals surface area (Å²) in [7, 11) is 3.08. The number of thioether (sulfide) groups is 1. The van der Waals surface area contributed by atoms with Crippen molar-refractivity contribution in [2.24, 2.45) is 0 Å². The van der Waals surface area contributed by atoms with Gasteiger partial charge >= 0.3 is 5.97 Å². The highest BCUT2D eigenvalue weighted by molar-refractivity contribution is 7.99. The highest BCUT2D eigenvalue weighted by Gasteiger charge is 2.08. The highest BCUT2D eigenvalue weighted by Crippen LogP contribution is 2.29. The van der Waals surface area contributed by atoms with Crippen molar-refractivity contribution in [3.05, 3.63) is 53.6 Å². The third kappa shape index (κ3) is 5.42. The molecule has 0 radical (unpaired) electrons. The highest BCUT2D eigenvalue weighted by atomic mass is 32.2. The Bertz CT molecular complexity index is 763. The molecular formula is C18H19NO5S. The zero-order valence-corrected chi connectivity index (χ0v) is 14.8. The number of methoxy groups -OCH3 is 2. The minimum absolute atomic E-state index is 0.147. The van der Waals surface area contributed by atoms with Crippen LogP contribution in [0.15, 0.2) is 42.5 Å². The van der Waals surface area contributed by atoms with Gasteiger partial charge in [-0.2, -0.15) is 0 Å². The number of carboxylic acids is 1. The summed E-state index contributed by atoms with van der Waals surface area (Å²) in [5.74, 6) is 0.836. The van der Waals surface area contributed by atoms with Crippen LogP contribution in [-0.2, 0) is 10.5 Å². The Morgan fingerprint density at radius 2 is 1.84 bits per heavy atom. The predicted molar refractivity (Wildman–Crippen MR) is 97.7 cm³/mol. The lowest BCUT2D eigenvalue weighted by molar-refractivity contribution is -0.113. The zero-order chi connectivity index (χ0) is 18.2. The van der Waals surface area contributed by atoms with Gasteiger partial charge in [-0.15, -0.1) is 11.8 Å². The number of carbonyl (C=O) groups excluding carboxylic acids is 1. The third-order valence-electron chi connectivity index (χ3n) is 3.34. The van der Waals surface area contributed by atoms with Crippen molar-refractivity contribution in [3.8, 4) is 11.5 Å². The summed E-state index contributed by atoms with van der Waals surface area (Å²) >= 11 is 1.41. The number of carbonyl (C=O) groups is 2. The number of benzene rings is 2. The minimum Gasteiger partial charge on any atom is -0.493 e. The molecule has 2 rings (SSSR count). The second kappa shape index (κ2) is 8.98. The molecule has 7 heteroatoms. The van der Waals surface area contributed by atoms with E-state index in [4.69, 9.17) is 14.6 Å². The molecule has 0 heterocycles. The lowest BCUT2D eigenvalue weighted by atomic mass is 10.1. The fraction of sp³-hybridized carbons (Fsp3) is 0.222. The molecule has 0 fully saturated rings. The molecule has 2 aromatic carbocycles. The van der Waals surface area contributed by atoms with Gasteiger partial charge in [0, 0.05) is 17.5 Å². The van der Waals surface area contributed by atoms with Gasteiger partial charge in [0.25, 0.3) is 0 Å². The van der Waals surface area contributed by atoms with Gasteiger partial charge in [-0.3, -0.25) is 4.79 Å². The molecule has 6 nitrogen and oxygen atoms in total. The standard InChI is InChI=1S/C18H19NO5S/c1-23-15-7-6-14(9-16(15)24-2)19-17(20)11-25-10-12-4-3-5-13(8-12)18(21)22/h3-9H,10-11H2,1-2H3,(H,19,20)(H,21,22). The molecule has 0 unspecified atom stereocenters. The largest absolute Gasteiger partial charge is 0.493 e. The van der Waals surface area contributed by atoms with Crippen molar-refractivity contribution in [1.82, 2.24) is 0 Å². The van der Waals surface area contributed by atoms with Gasteiger partial charge in [0.05, 0.1) is 25.5 Å². The Balaban J connectivity index is 1.87. The van der Waals surface area contributed by atoms with E-state index in [-0.39, 0.29) is 17.2 Å². The van der Waals surface area contributed by atoms with Crippen LogP contribution in [0.5, 0.6) is 11.5 Å². The van der Waals surface area contributed by atoms with E-state index >= 15 is 0 Å². The van der Waals surface area contributed by atoms with Crippen LogP contribution in [0.1, 0.15) is 15.9 Å². The van der Waals surface area contributed by atoms with Crippen molar-refractivity contribution in [2.45, 2.75) is 5.75 Å². The van der Waals surface area contributed by atoms with Crippen molar-refractivity contribution < 1.29 is 24.2 Å². The van der Waals surface area contributed by atoms with Crippen molar-refractivity contribution in [1.29, 1.82) is 0 Å². The van der Waals surface area contributed by atoms with Gasteiger partial charge in [0.1, 0.15) is 0 Å². The average molecular weight is 361 g/mol. The summed E-state index contributed by atoms with van der Waals surface area (Å²) in [4.78, 5) is 23.0. The first-order chi connectivity index (χ1) is 12.0. The monoisotopic (exact) mass is 361 g/mol.